The molecule has 0 unspecified atom stereocenters. The van der Waals surface area contributed by atoms with E-state index in [1.165, 1.54) is 0 Å². The molecular formula is C8H17NO. The summed E-state index contributed by atoms with van der Waals surface area (Å²) in [6, 6.07) is 0.518. The molecule has 1 fully saturated rings. The van der Waals surface area contributed by atoms with Crippen LogP contribution >= 0.6 is 0 Å². The summed E-state index contributed by atoms with van der Waals surface area (Å²) >= 11 is 0. The van der Waals surface area contributed by atoms with Crippen LogP contribution in [0.1, 0.15) is 27.7 Å². The minimum absolute atomic E-state index is 0.227. The van der Waals surface area contributed by atoms with Crippen molar-refractivity contribution in [3.05, 3.63) is 0 Å². The van der Waals surface area contributed by atoms with Crippen LogP contribution in [0.4, 0.5) is 0 Å². The Labute approximate surface area is 63.0 Å². The van der Waals surface area contributed by atoms with E-state index in [0.29, 0.717) is 6.04 Å². The van der Waals surface area contributed by atoms with Crippen molar-refractivity contribution in [1.82, 2.24) is 5.32 Å². The second kappa shape index (κ2) is 2.51. The van der Waals surface area contributed by atoms with Crippen molar-refractivity contribution in [3.8, 4) is 0 Å². The molecule has 1 N–H and O–H groups in total. The Morgan fingerprint density at radius 2 is 2.00 bits per heavy atom. The minimum atomic E-state index is 0.227. The van der Waals surface area contributed by atoms with Crippen LogP contribution in [-0.2, 0) is 4.74 Å². The highest BCUT2D eigenvalue weighted by Crippen LogP contribution is 2.23. The lowest BCUT2D eigenvalue weighted by Gasteiger charge is -2.25. The molecule has 1 rings (SSSR count). The maximum absolute atomic E-state index is 5.52. The average molecular weight is 143 g/mol. The zero-order valence-electron chi connectivity index (χ0n) is 7.27. The lowest BCUT2D eigenvalue weighted by atomic mass is 9.94. The third-order valence-corrected chi connectivity index (χ3v) is 1.74. The Hall–Kier alpha value is -0.0800. The monoisotopic (exact) mass is 143 g/mol. The minimum Gasteiger partial charge on any atom is -0.361 e. The van der Waals surface area contributed by atoms with E-state index in [4.69, 9.17) is 4.74 Å². The van der Waals surface area contributed by atoms with Crippen LogP contribution < -0.4 is 5.32 Å². The van der Waals surface area contributed by atoms with Gasteiger partial charge in [-0.15, -0.1) is 0 Å². The van der Waals surface area contributed by atoms with Crippen molar-refractivity contribution in [3.63, 3.8) is 0 Å². The third-order valence-electron chi connectivity index (χ3n) is 1.74. The van der Waals surface area contributed by atoms with Gasteiger partial charge < -0.3 is 4.74 Å². The fourth-order valence-corrected chi connectivity index (χ4v) is 1.10. The smallest absolute Gasteiger partial charge is 0.113 e. The van der Waals surface area contributed by atoms with Crippen LogP contribution in [0.3, 0.4) is 0 Å². The van der Waals surface area contributed by atoms with Crippen molar-refractivity contribution in [1.29, 1.82) is 0 Å². The van der Waals surface area contributed by atoms with Crippen LogP contribution in [0.5, 0.6) is 0 Å². The molecule has 10 heavy (non-hydrogen) atoms. The molecule has 1 saturated heterocycles. The molecule has 2 atom stereocenters. The van der Waals surface area contributed by atoms with E-state index in [1.807, 2.05) is 0 Å². The molecule has 2 heteroatoms. The van der Waals surface area contributed by atoms with E-state index in [-0.39, 0.29) is 11.6 Å². The Kier molecular flexibility index (Phi) is 2.02. The first-order valence-corrected chi connectivity index (χ1v) is 3.88. The van der Waals surface area contributed by atoms with Gasteiger partial charge in [0.1, 0.15) is 6.23 Å². The molecule has 0 aromatic heterocycles. The van der Waals surface area contributed by atoms with Crippen molar-refractivity contribution in [2.24, 2.45) is 5.41 Å². The predicted octanol–water partition coefficient (Wildman–Crippen LogP) is 1.37. The molecule has 0 aromatic carbocycles. The lowest BCUT2D eigenvalue weighted by Crippen LogP contribution is -2.38. The Morgan fingerprint density at radius 3 is 2.20 bits per heavy atom. The molecule has 0 bridgehead atoms. The summed E-state index contributed by atoms with van der Waals surface area (Å²) < 4.78 is 5.52. The SMILES string of the molecule is C[C@@H]1CO[C@H](C(C)(C)C)N1. The van der Waals surface area contributed by atoms with Crippen LogP contribution in [-0.4, -0.2) is 18.9 Å². The predicted molar refractivity (Wildman–Crippen MR) is 41.8 cm³/mol. The highest BCUT2D eigenvalue weighted by molar-refractivity contribution is 4.80. The average Bonchev–Trinajstić information content (AvgIpc) is 2.11. The van der Waals surface area contributed by atoms with E-state index in [1.54, 1.807) is 0 Å². The highest BCUT2D eigenvalue weighted by Gasteiger charge is 2.31. The van der Waals surface area contributed by atoms with E-state index in [0.717, 1.165) is 6.61 Å². The molecule has 1 heterocycles. The van der Waals surface area contributed by atoms with Crippen LogP contribution in [0.15, 0.2) is 0 Å². The summed E-state index contributed by atoms with van der Waals surface area (Å²) in [5.74, 6) is 0. The van der Waals surface area contributed by atoms with Gasteiger partial charge in [-0.25, -0.2) is 0 Å². The number of hydrogen-bond acceptors (Lipinski definition) is 2. The van der Waals surface area contributed by atoms with Crippen LogP contribution in [0.25, 0.3) is 0 Å². The maximum Gasteiger partial charge on any atom is 0.113 e. The second-order valence-corrected chi connectivity index (χ2v) is 4.15. The molecule has 0 aliphatic carbocycles. The highest BCUT2D eigenvalue weighted by atomic mass is 16.5. The van der Waals surface area contributed by atoms with Gasteiger partial charge in [-0.05, 0) is 6.92 Å². The standard InChI is InChI=1S/C8H17NO/c1-6-5-10-7(9-6)8(2,3)4/h6-7,9H,5H2,1-4H3/t6-,7-/m1/s1. The van der Waals surface area contributed by atoms with Gasteiger partial charge >= 0.3 is 0 Å². The van der Waals surface area contributed by atoms with Crippen molar-refractivity contribution in [2.75, 3.05) is 6.61 Å². The third kappa shape index (κ3) is 1.70. The Bertz CT molecular complexity index is 117. The van der Waals surface area contributed by atoms with Crippen molar-refractivity contribution in [2.45, 2.75) is 40.0 Å². The molecule has 60 valence electrons. The molecule has 0 aromatic rings. The number of nitrogens with one attached hydrogen (secondary N) is 1. The molecule has 1 aliphatic heterocycles. The van der Waals surface area contributed by atoms with Gasteiger partial charge in [0, 0.05) is 11.5 Å². The Balaban J connectivity index is 2.45. The Morgan fingerprint density at radius 1 is 1.40 bits per heavy atom. The van der Waals surface area contributed by atoms with Gasteiger partial charge in [0.25, 0.3) is 0 Å². The quantitative estimate of drug-likeness (QED) is 0.553. The van der Waals surface area contributed by atoms with Gasteiger partial charge in [-0.2, -0.15) is 0 Å². The number of rotatable bonds is 0. The van der Waals surface area contributed by atoms with E-state index in [2.05, 4.69) is 33.0 Å². The molecule has 0 amide bonds. The zero-order valence-corrected chi connectivity index (χ0v) is 7.27. The normalized spacial score (nSPS) is 34.8. The maximum atomic E-state index is 5.52. The summed E-state index contributed by atoms with van der Waals surface area (Å²) in [5, 5.41) is 3.37. The van der Waals surface area contributed by atoms with E-state index < -0.39 is 0 Å². The lowest BCUT2D eigenvalue weighted by molar-refractivity contribution is 0.0173. The summed E-state index contributed by atoms with van der Waals surface area (Å²) in [6.07, 6.45) is 0.238. The first-order chi connectivity index (χ1) is 4.50. The molecule has 0 radical (unpaired) electrons. The summed E-state index contributed by atoms with van der Waals surface area (Å²) in [6.45, 7) is 9.54. The van der Waals surface area contributed by atoms with Gasteiger partial charge in [0.15, 0.2) is 0 Å². The van der Waals surface area contributed by atoms with Crippen molar-refractivity contribution >= 4 is 0 Å². The summed E-state index contributed by atoms with van der Waals surface area (Å²) in [7, 11) is 0. The fourth-order valence-electron chi connectivity index (χ4n) is 1.10. The van der Waals surface area contributed by atoms with Gasteiger partial charge in [0.05, 0.1) is 6.61 Å². The zero-order chi connectivity index (χ0) is 7.78. The first kappa shape index (κ1) is 8.02. The topological polar surface area (TPSA) is 21.3 Å². The van der Waals surface area contributed by atoms with E-state index >= 15 is 0 Å². The van der Waals surface area contributed by atoms with Crippen LogP contribution in [0, 0.1) is 5.41 Å². The van der Waals surface area contributed by atoms with Gasteiger partial charge in [-0.3, -0.25) is 5.32 Å². The molecule has 1 aliphatic rings. The number of ether oxygens (including phenoxy) is 1. The van der Waals surface area contributed by atoms with Crippen molar-refractivity contribution < 1.29 is 4.74 Å². The van der Waals surface area contributed by atoms with Gasteiger partial charge in [-0.1, -0.05) is 20.8 Å². The number of hydrogen-bond donors (Lipinski definition) is 1. The van der Waals surface area contributed by atoms with Crippen LogP contribution in [0.2, 0.25) is 0 Å². The van der Waals surface area contributed by atoms with Gasteiger partial charge in [0.2, 0.25) is 0 Å². The summed E-state index contributed by atoms with van der Waals surface area (Å²) in [5.41, 5.74) is 0.227. The molecule has 0 saturated carbocycles. The molecule has 2 nitrogen and oxygen atoms in total. The second-order valence-electron chi connectivity index (χ2n) is 4.15. The fraction of sp³-hybridized carbons (Fsp3) is 1.00. The molecular weight excluding hydrogens is 126 g/mol. The largest absolute Gasteiger partial charge is 0.361 e. The first-order valence-electron chi connectivity index (χ1n) is 3.88. The molecule has 0 spiro atoms. The van der Waals surface area contributed by atoms with E-state index in [9.17, 15) is 0 Å². The summed E-state index contributed by atoms with van der Waals surface area (Å²) in [4.78, 5) is 0.